The Balaban J connectivity index is 1.96. The molecule has 1 aromatic heterocycles. The first-order valence-corrected chi connectivity index (χ1v) is 8.87. The molecule has 3 aromatic rings. The molecule has 1 aliphatic heterocycles. The second kappa shape index (κ2) is 6.09. The fourth-order valence-electron chi connectivity index (χ4n) is 3.73. The number of aryl methyl sites for hydroxylation is 1. The number of hydrogen-bond donors (Lipinski definition) is 0. The molecule has 0 fully saturated rings. The van der Waals surface area contributed by atoms with Crippen molar-refractivity contribution in [3.8, 4) is 0 Å². The minimum Gasteiger partial charge on any atom is -0.333 e. The van der Waals surface area contributed by atoms with Gasteiger partial charge in [0, 0.05) is 25.2 Å². The maximum Gasteiger partial charge on any atom is 0.262 e. The smallest absolute Gasteiger partial charge is 0.262 e. The van der Waals surface area contributed by atoms with Gasteiger partial charge in [-0.1, -0.05) is 24.3 Å². The van der Waals surface area contributed by atoms with Crippen molar-refractivity contribution in [3.63, 3.8) is 0 Å². The maximum absolute atomic E-state index is 13.1. The molecule has 5 heteroatoms. The summed E-state index contributed by atoms with van der Waals surface area (Å²) in [6.45, 7) is 7.33. The molecule has 4 rings (SSSR count). The minimum absolute atomic E-state index is 0.0736. The Morgan fingerprint density at radius 3 is 2.38 bits per heavy atom. The highest BCUT2D eigenvalue weighted by atomic mass is 16.1. The summed E-state index contributed by atoms with van der Waals surface area (Å²) in [5.41, 5.74) is 4.32. The van der Waals surface area contributed by atoms with E-state index in [0.717, 1.165) is 18.7 Å². The monoisotopic (exact) mass is 347 g/mol. The summed E-state index contributed by atoms with van der Waals surface area (Å²) in [4.78, 5) is 32.2. The lowest BCUT2D eigenvalue weighted by Gasteiger charge is -2.22. The van der Waals surface area contributed by atoms with Gasteiger partial charge in [-0.2, -0.15) is 0 Å². The molecule has 132 valence electrons. The van der Waals surface area contributed by atoms with E-state index in [0.29, 0.717) is 29.0 Å². The van der Waals surface area contributed by atoms with Gasteiger partial charge >= 0.3 is 0 Å². The number of hydrogen-bond acceptors (Lipinski definition) is 4. The Morgan fingerprint density at radius 1 is 1.15 bits per heavy atom. The molecule has 0 N–H and O–H groups in total. The molecular weight excluding hydrogens is 326 g/mol. The van der Waals surface area contributed by atoms with Crippen molar-refractivity contribution in [2.45, 2.75) is 40.4 Å². The largest absolute Gasteiger partial charge is 0.333 e. The number of anilines is 1. The molecule has 0 spiro atoms. The molecule has 0 aliphatic carbocycles. The van der Waals surface area contributed by atoms with Gasteiger partial charge in [0.05, 0.1) is 10.9 Å². The predicted octanol–water partition coefficient (Wildman–Crippen LogP) is 3.45. The molecule has 0 saturated carbocycles. The molecule has 0 unspecified atom stereocenters. The number of benzene rings is 2. The van der Waals surface area contributed by atoms with Crippen LogP contribution in [0.3, 0.4) is 0 Å². The van der Waals surface area contributed by atoms with Gasteiger partial charge < -0.3 is 4.90 Å². The molecule has 0 radical (unpaired) electrons. The second-order valence-corrected chi connectivity index (χ2v) is 6.85. The normalized spacial score (nSPS) is 13.3. The maximum atomic E-state index is 13.1. The first-order valence-electron chi connectivity index (χ1n) is 8.87. The highest BCUT2D eigenvalue weighted by molar-refractivity contribution is 6.05. The van der Waals surface area contributed by atoms with Crippen LogP contribution in [0.15, 0.2) is 41.2 Å². The highest BCUT2D eigenvalue weighted by Crippen LogP contribution is 2.28. The Hall–Kier alpha value is -2.95. The van der Waals surface area contributed by atoms with E-state index in [-0.39, 0.29) is 11.3 Å². The molecule has 0 amide bonds. The lowest BCUT2D eigenvalue weighted by atomic mass is 10.0. The van der Waals surface area contributed by atoms with E-state index in [9.17, 15) is 9.59 Å². The first-order chi connectivity index (χ1) is 12.5. The number of nitrogens with zero attached hydrogens (tertiary/aromatic N) is 3. The van der Waals surface area contributed by atoms with Crippen molar-refractivity contribution in [1.82, 2.24) is 9.55 Å². The molecule has 5 nitrogen and oxygen atoms in total. The zero-order valence-electron chi connectivity index (χ0n) is 15.2. The van der Waals surface area contributed by atoms with Crippen molar-refractivity contribution in [2.24, 2.45) is 0 Å². The summed E-state index contributed by atoms with van der Waals surface area (Å²) >= 11 is 0. The first kappa shape index (κ1) is 16.5. The third-order valence-electron chi connectivity index (χ3n) is 5.00. The van der Waals surface area contributed by atoms with Gasteiger partial charge in [0.1, 0.15) is 0 Å². The summed E-state index contributed by atoms with van der Waals surface area (Å²) < 4.78 is 1.71. The van der Waals surface area contributed by atoms with Crippen molar-refractivity contribution >= 4 is 22.6 Å². The zero-order chi connectivity index (χ0) is 18.4. The number of aromatic nitrogens is 2. The van der Waals surface area contributed by atoms with Crippen LogP contribution in [0.4, 0.5) is 5.95 Å². The Morgan fingerprint density at radius 2 is 1.81 bits per heavy atom. The van der Waals surface area contributed by atoms with Crippen LogP contribution in [0.1, 0.15) is 40.9 Å². The van der Waals surface area contributed by atoms with Crippen LogP contribution in [-0.4, -0.2) is 15.3 Å². The van der Waals surface area contributed by atoms with Gasteiger partial charge in [-0.15, -0.1) is 0 Å². The molecule has 0 bridgehead atoms. The Kier molecular flexibility index (Phi) is 3.87. The average molecular weight is 347 g/mol. The molecule has 0 atom stereocenters. The summed E-state index contributed by atoms with van der Waals surface area (Å²) in [5.74, 6) is 0.558. The number of carbonyl (C=O) groups excluding carboxylic acids is 1. The van der Waals surface area contributed by atoms with E-state index in [1.807, 2.05) is 38.1 Å². The molecular formula is C21H21N3O2. The van der Waals surface area contributed by atoms with Crippen LogP contribution >= 0.6 is 0 Å². The van der Waals surface area contributed by atoms with E-state index >= 15 is 0 Å². The van der Waals surface area contributed by atoms with Crippen LogP contribution in [0.5, 0.6) is 0 Å². The van der Waals surface area contributed by atoms with Crippen LogP contribution in [0, 0.1) is 6.92 Å². The quantitative estimate of drug-likeness (QED) is 0.681. The van der Waals surface area contributed by atoms with E-state index in [1.165, 1.54) is 18.1 Å². The number of ketones is 1. The number of fused-ring (bicyclic) bond motifs is 2. The summed E-state index contributed by atoms with van der Waals surface area (Å²) in [5, 5.41) is 0.512. The molecule has 2 heterocycles. The molecule has 1 aliphatic rings. The fraction of sp³-hybridized carbons (Fsp3) is 0.286. The van der Waals surface area contributed by atoms with Gasteiger partial charge in [0.25, 0.3) is 5.56 Å². The number of Topliss-reactive ketones (excluding diaryl/α,β-unsaturated/α-hetero) is 1. The van der Waals surface area contributed by atoms with Gasteiger partial charge in [-0.25, -0.2) is 4.98 Å². The zero-order valence-corrected chi connectivity index (χ0v) is 15.2. The highest BCUT2D eigenvalue weighted by Gasteiger charge is 2.24. The van der Waals surface area contributed by atoms with E-state index < -0.39 is 0 Å². The van der Waals surface area contributed by atoms with E-state index in [2.05, 4.69) is 17.0 Å². The van der Waals surface area contributed by atoms with Crippen LogP contribution < -0.4 is 10.5 Å². The molecule has 26 heavy (non-hydrogen) atoms. The van der Waals surface area contributed by atoms with Gasteiger partial charge in [-0.3, -0.25) is 14.2 Å². The SMILES string of the molecule is CCn1c(N2Cc3ccccc3C2)nc2c(C(C)=O)cc(C)cc2c1=O. The topological polar surface area (TPSA) is 55.2 Å². The van der Waals surface area contributed by atoms with Gasteiger partial charge in [0.15, 0.2) is 5.78 Å². The van der Waals surface area contributed by atoms with Crippen molar-refractivity contribution in [3.05, 3.63) is 69.0 Å². The van der Waals surface area contributed by atoms with Gasteiger partial charge in [0.2, 0.25) is 5.95 Å². The van der Waals surface area contributed by atoms with Crippen LogP contribution in [0.25, 0.3) is 10.9 Å². The number of carbonyl (C=O) groups is 1. The van der Waals surface area contributed by atoms with Crippen LogP contribution in [-0.2, 0) is 19.6 Å². The second-order valence-electron chi connectivity index (χ2n) is 6.85. The van der Waals surface area contributed by atoms with Gasteiger partial charge in [-0.05, 0) is 49.6 Å². The van der Waals surface area contributed by atoms with E-state index in [4.69, 9.17) is 4.98 Å². The standard InChI is InChI=1S/C21H21N3O2/c1-4-24-20(26)18-10-13(2)9-17(14(3)25)19(18)22-21(24)23-11-15-7-5-6-8-16(15)12-23/h5-10H,4,11-12H2,1-3H3. The minimum atomic E-state index is -0.0883. The predicted molar refractivity (Wildman–Crippen MR) is 103 cm³/mol. The third-order valence-corrected chi connectivity index (χ3v) is 5.00. The van der Waals surface area contributed by atoms with Crippen molar-refractivity contribution in [1.29, 1.82) is 0 Å². The summed E-state index contributed by atoms with van der Waals surface area (Å²) in [6.07, 6.45) is 0. The van der Waals surface area contributed by atoms with Crippen LogP contribution in [0.2, 0.25) is 0 Å². The molecule has 2 aromatic carbocycles. The summed E-state index contributed by atoms with van der Waals surface area (Å²) in [6, 6.07) is 11.9. The Bertz CT molecular complexity index is 1070. The average Bonchev–Trinajstić information content (AvgIpc) is 3.05. The van der Waals surface area contributed by atoms with Crippen molar-refractivity contribution < 1.29 is 4.79 Å². The van der Waals surface area contributed by atoms with E-state index in [1.54, 1.807) is 4.57 Å². The third kappa shape index (κ3) is 2.51. The van der Waals surface area contributed by atoms with Crippen molar-refractivity contribution in [2.75, 3.05) is 4.90 Å². The summed E-state index contributed by atoms with van der Waals surface area (Å²) in [7, 11) is 0. The number of rotatable bonds is 3. The fourth-order valence-corrected chi connectivity index (χ4v) is 3.73. The molecule has 0 saturated heterocycles. The lowest BCUT2D eigenvalue weighted by molar-refractivity contribution is 0.101. The Labute approximate surface area is 151 Å². The lowest BCUT2D eigenvalue weighted by Crippen LogP contribution is -2.30.